The van der Waals surface area contributed by atoms with Crippen LogP contribution in [-0.2, 0) is 16.7 Å². The number of nitrogens with zero attached hydrogens (tertiary/aromatic N) is 4. The van der Waals surface area contributed by atoms with E-state index in [2.05, 4.69) is 58.2 Å². The fourth-order valence-electron chi connectivity index (χ4n) is 12.4. The number of benzene rings is 1. The fraction of sp³-hybridized carbons (Fsp3) is 0.650. The van der Waals surface area contributed by atoms with Gasteiger partial charge in [0.2, 0.25) is 0 Å². The van der Waals surface area contributed by atoms with Crippen LogP contribution in [0.1, 0.15) is 113 Å². The van der Waals surface area contributed by atoms with Gasteiger partial charge in [-0.3, -0.25) is 19.9 Å². The zero-order chi connectivity index (χ0) is 31.2. The molecule has 4 nitrogen and oxygen atoms in total. The van der Waals surface area contributed by atoms with Crippen molar-refractivity contribution < 1.29 is 0 Å². The second kappa shape index (κ2) is 11.4. The molecule has 8 bridgehead atoms. The van der Waals surface area contributed by atoms with E-state index in [0.717, 1.165) is 70.0 Å². The van der Waals surface area contributed by atoms with E-state index < -0.39 is 5.16 Å². The van der Waals surface area contributed by atoms with Crippen LogP contribution in [0, 0.1) is 47.3 Å². The molecule has 0 spiro atoms. The quantitative estimate of drug-likeness (QED) is 0.239. The lowest BCUT2D eigenvalue weighted by atomic mass is 9.55. The molecule has 1 atom stereocenters. The minimum absolute atomic E-state index is 0.0389. The Bertz CT molecular complexity index is 1430. The van der Waals surface area contributed by atoms with Crippen LogP contribution in [0.3, 0.4) is 0 Å². The van der Waals surface area contributed by atoms with Gasteiger partial charge in [0.05, 0.1) is 28.9 Å². The van der Waals surface area contributed by atoms with Gasteiger partial charge < -0.3 is 0 Å². The first-order valence-corrected chi connectivity index (χ1v) is 20.7. The predicted octanol–water partition coefficient (Wildman–Crippen LogP) is 9.36. The van der Waals surface area contributed by atoms with Gasteiger partial charge in [-0.15, -0.1) is 9.24 Å². The lowest BCUT2D eigenvalue weighted by molar-refractivity contribution is 0.0129. The molecule has 46 heavy (non-hydrogen) atoms. The fourth-order valence-corrected chi connectivity index (χ4v) is 17.6. The van der Waals surface area contributed by atoms with Crippen molar-refractivity contribution in [1.29, 1.82) is 0 Å². The molecule has 0 amide bonds. The van der Waals surface area contributed by atoms with Crippen molar-refractivity contribution in [2.24, 2.45) is 47.3 Å². The van der Waals surface area contributed by atoms with Gasteiger partial charge in [0.15, 0.2) is 0 Å². The molecule has 11 rings (SSSR count). The summed E-state index contributed by atoms with van der Waals surface area (Å²) in [6, 6.07) is 7.52. The SMILES string of the molecule is CC(C)(C)c1ccc(CP(C2C3CC4CC(C3)CC2C4)C2C3CC4CC(C3)CC2C4)c(C(P)(c2cnccn2)c2cnccn2)c1. The first-order chi connectivity index (χ1) is 22.2. The molecule has 242 valence electrons. The van der Waals surface area contributed by atoms with Crippen molar-refractivity contribution in [1.82, 2.24) is 19.9 Å². The highest BCUT2D eigenvalue weighted by Gasteiger charge is 2.57. The summed E-state index contributed by atoms with van der Waals surface area (Å²) >= 11 is 0. The first kappa shape index (κ1) is 30.3. The van der Waals surface area contributed by atoms with E-state index >= 15 is 0 Å². The molecule has 0 N–H and O–H groups in total. The summed E-state index contributed by atoms with van der Waals surface area (Å²) in [7, 11) is 3.09. The summed E-state index contributed by atoms with van der Waals surface area (Å²) < 4.78 is 0. The second-order valence-electron chi connectivity index (χ2n) is 17.6. The van der Waals surface area contributed by atoms with Gasteiger partial charge in [-0.1, -0.05) is 46.9 Å². The van der Waals surface area contributed by atoms with E-state index in [0.29, 0.717) is 0 Å². The van der Waals surface area contributed by atoms with Crippen LogP contribution in [-0.4, -0.2) is 31.3 Å². The maximum absolute atomic E-state index is 4.97. The highest BCUT2D eigenvalue weighted by molar-refractivity contribution is 7.58. The minimum atomic E-state index is -0.617. The molecule has 8 aliphatic rings. The highest BCUT2D eigenvalue weighted by atomic mass is 31.1. The molecular formula is C40H52N4P2. The molecule has 1 aromatic carbocycles. The Labute approximate surface area is 280 Å². The van der Waals surface area contributed by atoms with Crippen molar-refractivity contribution in [3.05, 3.63) is 83.5 Å². The molecular weight excluding hydrogens is 598 g/mol. The highest BCUT2D eigenvalue weighted by Crippen LogP contribution is 2.72. The van der Waals surface area contributed by atoms with E-state index in [4.69, 9.17) is 9.97 Å². The standard InChI is InChI=1S/C40H52N4P2/c1-39(2,3)33-5-4-28(34(20-33)40(45,35-21-41-6-8-43-35)36-22-42-7-9-44-36)23-46(37-29-12-24-10-25(14-29)15-30(37)13-24)38-31-16-26-11-27(18-31)19-32(38)17-26/h4-9,20-22,24-27,29-32,37-38H,10-19,23,45H2,1-3H3. The second-order valence-corrected chi connectivity index (χ2v) is 21.0. The van der Waals surface area contributed by atoms with E-state index in [1.54, 1.807) is 25.2 Å². The summed E-state index contributed by atoms with van der Waals surface area (Å²) in [6.07, 6.45) is 27.8. The van der Waals surface area contributed by atoms with Gasteiger partial charge in [-0.05, 0) is 151 Å². The maximum atomic E-state index is 4.97. The van der Waals surface area contributed by atoms with Gasteiger partial charge in [-0.25, -0.2) is 0 Å². The lowest BCUT2D eigenvalue weighted by Gasteiger charge is -2.62. The molecule has 0 aliphatic heterocycles. The Morgan fingerprint density at radius 1 is 0.652 bits per heavy atom. The average Bonchev–Trinajstić information content (AvgIpc) is 3.04. The molecule has 6 heteroatoms. The Morgan fingerprint density at radius 3 is 1.50 bits per heavy atom. The van der Waals surface area contributed by atoms with Gasteiger partial charge >= 0.3 is 0 Å². The zero-order valence-electron chi connectivity index (χ0n) is 28.1. The van der Waals surface area contributed by atoms with Crippen molar-refractivity contribution >= 4 is 17.2 Å². The Balaban J connectivity index is 1.20. The van der Waals surface area contributed by atoms with Crippen LogP contribution >= 0.6 is 17.2 Å². The summed E-state index contributed by atoms with van der Waals surface area (Å²) in [5, 5.41) is -0.617. The monoisotopic (exact) mass is 650 g/mol. The topological polar surface area (TPSA) is 51.6 Å². The van der Waals surface area contributed by atoms with Crippen LogP contribution in [0.4, 0.5) is 0 Å². The van der Waals surface area contributed by atoms with E-state index in [1.807, 2.05) is 24.8 Å². The summed E-state index contributed by atoms with van der Waals surface area (Å²) in [4.78, 5) is 19.1. The van der Waals surface area contributed by atoms with Crippen LogP contribution in [0.15, 0.2) is 55.4 Å². The molecule has 2 aromatic heterocycles. The normalized spacial score (nSPS) is 36.7. The third kappa shape index (κ3) is 5.05. The van der Waals surface area contributed by atoms with Crippen molar-refractivity contribution in [2.45, 2.75) is 113 Å². The average molecular weight is 651 g/mol. The van der Waals surface area contributed by atoms with Crippen LogP contribution in [0.25, 0.3) is 0 Å². The van der Waals surface area contributed by atoms with Gasteiger partial charge in [0, 0.05) is 24.8 Å². The molecule has 8 fully saturated rings. The first-order valence-electron chi connectivity index (χ1n) is 18.5. The van der Waals surface area contributed by atoms with Gasteiger partial charge in [0.25, 0.3) is 0 Å². The molecule has 2 heterocycles. The molecule has 3 aromatic rings. The van der Waals surface area contributed by atoms with E-state index in [9.17, 15) is 0 Å². The van der Waals surface area contributed by atoms with Crippen molar-refractivity contribution in [2.75, 3.05) is 0 Å². The minimum Gasteiger partial charge on any atom is -0.261 e. The largest absolute Gasteiger partial charge is 0.261 e. The third-order valence-electron chi connectivity index (χ3n) is 13.8. The van der Waals surface area contributed by atoms with Crippen molar-refractivity contribution in [3.63, 3.8) is 0 Å². The Kier molecular flexibility index (Phi) is 7.52. The summed E-state index contributed by atoms with van der Waals surface area (Å²) in [5.41, 5.74) is 8.10. The molecule has 8 aliphatic carbocycles. The lowest BCUT2D eigenvalue weighted by Crippen LogP contribution is -2.52. The number of hydrogen-bond donors (Lipinski definition) is 0. The van der Waals surface area contributed by atoms with Crippen LogP contribution in [0.5, 0.6) is 0 Å². The van der Waals surface area contributed by atoms with Gasteiger partial charge in [-0.2, -0.15) is 0 Å². The Hall–Kier alpha value is -1.76. The molecule has 8 saturated carbocycles. The molecule has 0 radical (unpaired) electrons. The summed E-state index contributed by atoms with van der Waals surface area (Å²) in [5.74, 6) is 8.06. The number of hydrogen-bond acceptors (Lipinski definition) is 4. The van der Waals surface area contributed by atoms with E-state index in [-0.39, 0.29) is 13.3 Å². The molecule has 1 unspecified atom stereocenters. The van der Waals surface area contributed by atoms with Crippen LogP contribution in [0.2, 0.25) is 0 Å². The van der Waals surface area contributed by atoms with Crippen molar-refractivity contribution in [3.8, 4) is 0 Å². The number of aromatic nitrogens is 4. The summed E-state index contributed by atoms with van der Waals surface area (Å²) in [6.45, 7) is 7.03. The van der Waals surface area contributed by atoms with Gasteiger partial charge in [0.1, 0.15) is 0 Å². The molecule has 0 saturated heterocycles. The van der Waals surface area contributed by atoms with E-state index in [1.165, 1.54) is 74.2 Å². The zero-order valence-corrected chi connectivity index (χ0v) is 30.1. The van der Waals surface area contributed by atoms with Crippen LogP contribution < -0.4 is 0 Å². The maximum Gasteiger partial charge on any atom is 0.0967 e. The Morgan fingerprint density at radius 2 is 1.11 bits per heavy atom. The number of rotatable bonds is 7. The predicted molar refractivity (Wildman–Crippen MR) is 191 cm³/mol. The third-order valence-corrected chi connectivity index (χ3v) is 18.6. The smallest absolute Gasteiger partial charge is 0.0967 e.